The summed E-state index contributed by atoms with van der Waals surface area (Å²) in [6.45, 7) is 2.19. The second-order valence-corrected chi connectivity index (χ2v) is 6.13. The van der Waals surface area contributed by atoms with Gasteiger partial charge in [-0.05, 0) is 36.2 Å². The molecule has 0 saturated heterocycles. The first-order valence-corrected chi connectivity index (χ1v) is 8.35. The van der Waals surface area contributed by atoms with Crippen molar-refractivity contribution in [3.63, 3.8) is 0 Å². The summed E-state index contributed by atoms with van der Waals surface area (Å²) in [5.74, 6) is -1.03. The van der Waals surface area contributed by atoms with Gasteiger partial charge < -0.3 is 4.74 Å². The number of carbonyl (C=O) groups is 3. The summed E-state index contributed by atoms with van der Waals surface area (Å²) in [4.78, 5) is 36.7. The maximum atomic E-state index is 11.7. The molecule has 0 aliphatic heterocycles. The van der Waals surface area contributed by atoms with Crippen LogP contribution in [0, 0.1) is 0 Å². The Kier molecular flexibility index (Phi) is 7.22. The Bertz CT molecular complexity index is 835. The van der Waals surface area contributed by atoms with Crippen molar-refractivity contribution in [3.05, 3.63) is 70.8 Å². The lowest BCUT2D eigenvalue weighted by Crippen LogP contribution is -2.35. The number of rotatable bonds is 8. The van der Waals surface area contributed by atoms with Gasteiger partial charge >= 0.3 is 5.97 Å². The average molecular weight is 370 g/mol. The van der Waals surface area contributed by atoms with Crippen molar-refractivity contribution >= 4 is 17.7 Å². The number of amides is 1. The molecule has 0 radical (unpaired) electrons. The Morgan fingerprint density at radius 2 is 1.56 bits per heavy atom. The highest BCUT2D eigenvalue weighted by Crippen LogP contribution is 2.14. The smallest absolute Gasteiger partial charge is 0.337 e. The number of hydrogen-bond acceptors (Lipinski definition) is 6. The molecule has 142 valence electrons. The van der Waals surface area contributed by atoms with Crippen molar-refractivity contribution in [2.75, 3.05) is 13.7 Å². The molecule has 0 aliphatic carbocycles. The topological polar surface area (TPSA) is 95.9 Å². The Hall–Kier alpha value is -3.03. The zero-order valence-electron chi connectivity index (χ0n) is 15.3. The molecular formula is C20H22N2O5. The molecule has 2 N–H and O–H groups in total. The summed E-state index contributed by atoms with van der Waals surface area (Å²) in [6, 6.07) is 14.1. The molecule has 0 atom stereocenters. The molecule has 0 spiro atoms. The first kappa shape index (κ1) is 20.3. The Labute approximate surface area is 157 Å². The van der Waals surface area contributed by atoms with Crippen molar-refractivity contribution in [2.45, 2.75) is 20.0 Å². The summed E-state index contributed by atoms with van der Waals surface area (Å²) in [5, 5.41) is 8.85. The fourth-order valence-electron chi connectivity index (χ4n) is 2.73. The van der Waals surface area contributed by atoms with Gasteiger partial charge in [0.05, 0.1) is 19.2 Å². The van der Waals surface area contributed by atoms with Crippen LogP contribution in [0.3, 0.4) is 0 Å². The van der Waals surface area contributed by atoms with E-state index in [-0.39, 0.29) is 12.3 Å². The van der Waals surface area contributed by atoms with E-state index in [2.05, 4.69) is 0 Å². The number of methoxy groups -OCH3 is 1. The molecular weight excluding hydrogens is 348 g/mol. The predicted octanol–water partition coefficient (Wildman–Crippen LogP) is 2.18. The fourth-order valence-corrected chi connectivity index (χ4v) is 2.73. The Morgan fingerprint density at radius 1 is 1.00 bits per heavy atom. The van der Waals surface area contributed by atoms with Crippen molar-refractivity contribution < 1.29 is 24.3 Å². The van der Waals surface area contributed by atoms with Gasteiger partial charge in [-0.1, -0.05) is 30.3 Å². The van der Waals surface area contributed by atoms with Crippen LogP contribution in [0.25, 0.3) is 0 Å². The number of hydroxylamine groups is 1. The van der Waals surface area contributed by atoms with Gasteiger partial charge in [0.2, 0.25) is 0 Å². The van der Waals surface area contributed by atoms with E-state index in [1.807, 2.05) is 12.1 Å². The predicted molar refractivity (Wildman–Crippen MR) is 98.3 cm³/mol. The summed E-state index contributed by atoms with van der Waals surface area (Å²) in [5.41, 5.74) is 4.30. The maximum Gasteiger partial charge on any atom is 0.337 e. The molecule has 0 saturated carbocycles. The standard InChI is InChI=1S/C20H22N2O5/c1-14(23)17-7-3-5-15(9-17)11-22(13-19(24)21-26)12-16-6-4-8-18(10-16)20(25)27-2/h3-10,26H,11-13H2,1-2H3,(H,21,24). The van der Waals surface area contributed by atoms with E-state index < -0.39 is 11.9 Å². The number of ether oxygens (including phenoxy) is 1. The SMILES string of the molecule is COC(=O)c1cccc(CN(CC(=O)NO)Cc2cccc(C(C)=O)c2)c1. The normalized spacial score (nSPS) is 10.5. The molecule has 0 aromatic heterocycles. The molecule has 1 amide bonds. The summed E-state index contributed by atoms with van der Waals surface area (Å²) >= 11 is 0. The van der Waals surface area contributed by atoms with Crippen LogP contribution in [0.4, 0.5) is 0 Å². The highest BCUT2D eigenvalue weighted by Gasteiger charge is 2.14. The minimum absolute atomic E-state index is 0.0396. The van der Waals surface area contributed by atoms with E-state index in [1.165, 1.54) is 14.0 Å². The van der Waals surface area contributed by atoms with Crippen molar-refractivity contribution in [1.82, 2.24) is 10.4 Å². The van der Waals surface area contributed by atoms with Crippen LogP contribution in [-0.2, 0) is 22.6 Å². The number of benzene rings is 2. The van der Waals surface area contributed by atoms with Crippen LogP contribution in [0.5, 0.6) is 0 Å². The lowest BCUT2D eigenvalue weighted by molar-refractivity contribution is -0.130. The molecule has 0 heterocycles. The zero-order chi connectivity index (χ0) is 19.8. The van der Waals surface area contributed by atoms with Crippen molar-refractivity contribution in [3.8, 4) is 0 Å². The lowest BCUT2D eigenvalue weighted by Gasteiger charge is -2.22. The number of carbonyl (C=O) groups excluding carboxylic acids is 3. The van der Waals surface area contributed by atoms with Gasteiger partial charge in [-0.15, -0.1) is 0 Å². The molecule has 7 nitrogen and oxygen atoms in total. The number of esters is 1. The second kappa shape index (κ2) is 9.61. The highest BCUT2D eigenvalue weighted by molar-refractivity contribution is 5.94. The van der Waals surface area contributed by atoms with Gasteiger partial charge in [0.15, 0.2) is 5.78 Å². The van der Waals surface area contributed by atoms with Gasteiger partial charge in [0, 0.05) is 18.7 Å². The maximum absolute atomic E-state index is 11.7. The molecule has 27 heavy (non-hydrogen) atoms. The Balaban J connectivity index is 2.22. The summed E-state index contributed by atoms with van der Waals surface area (Å²) < 4.78 is 4.73. The molecule has 0 aliphatic rings. The van der Waals surface area contributed by atoms with Crippen LogP contribution in [0.2, 0.25) is 0 Å². The van der Waals surface area contributed by atoms with Crippen LogP contribution in [0.15, 0.2) is 48.5 Å². The van der Waals surface area contributed by atoms with Gasteiger partial charge in [-0.2, -0.15) is 0 Å². The highest BCUT2D eigenvalue weighted by atomic mass is 16.5. The van der Waals surface area contributed by atoms with Gasteiger partial charge in [-0.3, -0.25) is 19.7 Å². The number of hydrogen-bond donors (Lipinski definition) is 2. The van der Waals surface area contributed by atoms with E-state index in [1.54, 1.807) is 46.8 Å². The largest absolute Gasteiger partial charge is 0.465 e. The molecule has 2 aromatic rings. The van der Waals surface area contributed by atoms with Gasteiger partial charge in [-0.25, -0.2) is 10.3 Å². The van der Waals surface area contributed by atoms with Crippen LogP contribution in [0.1, 0.15) is 38.8 Å². The first-order chi connectivity index (χ1) is 12.9. The minimum Gasteiger partial charge on any atom is -0.465 e. The number of nitrogens with zero attached hydrogens (tertiary/aromatic N) is 1. The number of Topliss-reactive ketones (excluding diaryl/α,β-unsaturated/α-hetero) is 1. The number of nitrogens with one attached hydrogen (secondary N) is 1. The molecule has 2 aromatic carbocycles. The molecule has 0 unspecified atom stereocenters. The van der Waals surface area contributed by atoms with E-state index in [0.717, 1.165) is 11.1 Å². The van der Waals surface area contributed by atoms with Gasteiger partial charge in [0.1, 0.15) is 0 Å². The third kappa shape index (κ3) is 6.02. The lowest BCUT2D eigenvalue weighted by atomic mass is 10.1. The van der Waals surface area contributed by atoms with Crippen LogP contribution in [-0.4, -0.2) is 41.4 Å². The Morgan fingerprint density at radius 3 is 2.07 bits per heavy atom. The molecule has 0 bridgehead atoms. The van der Waals surface area contributed by atoms with Crippen molar-refractivity contribution in [1.29, 1.82) is 0 Å². The zero-order valence-corrected chi connectivity index (χ0v) is 15.3. The van der Waals surface area contributed by atoms with Crippen LogP contribution < -0.4 is 5.48 Å². The van der Waals surface area contributed by atoms with E-state index in [0.29, 0.717) is 24.2 Å². The first-order valence-electron chi connectivity index (χ1n) is 8.35. The van der Waals surface area contributed by atoms with Crippen LogP contribution >= 0.6 is 0 Å². The third-order valence-corrected chi connectivity index (χ3v) is 3.99. The molecule has 0 fully saturated rings. The minimum atomic E-state index is -0.554. The van der Waals surface area contributed by atoms with E-state index in [4.69, 9.17) is 9.94 Å². The summed E-state index contributed by atoms with van der Waals surface area (Å²) in [7, 11) is 1.31. The van der Waals surface area contributed by atoms with E-state index in [9.17, 15) is 14.4 Å². The average Bonchev–Trinajstić information content (AvgIpc) is 2.67. The second-order valence-electron chi connectivity index (χ2n) is 6.13. The fraction of sp³-hybridized carbons (Fsp3) is 0.250. The quantitative estimate of drug-likeness (QED) is 0.320. The third-order valence-electron chi connectivity index (χ3n) is 3.99. The number of ketones is 1. The summed E-state index contributed by atoms with van der Waals surface area (Å²) in [6.07, 6.45) is 0. The van der Waals surface area contributed by atoms with Crippen molar-refractivity contribution in [2.24, 2.45) is 0 Å². The molecule has 2 rings (SSSR count). The van der Waals surface area contributed by atoms with E-state index >= 15 is 0 Å². The monoisotopic (exact) mass is 370 g/mol. The molecule has 7 heteroatoms. The van der Waals surface area contributed by atoms with Gasteiger partial charge in [0.25, 0.3) is 5.91 Å².